The number of benzene rings is 3. The van der Waals surface area contributed by atoms with Crippen LogP contribution in [0.2, 0.25) is 10.0 Å². The molecule has 0 saturated carbocycles. The molecule has 0 spiro atoms. The van der Waals surface area contributed by atoms with Gasteiger partial charge in [-0.1, -0.05) is 47.0 Å². The van der Waals surface area contributed by atoms with Crippen molar-refractivity contribution in [2.45, 2.75) is 19.4 Å². The van der Waals surface area contributed by atoms with E-state index in [0.29, 0.717) is 51.2 Å². The highest BCUT2D eigenvalue weighted by molar-refractivity contribution is 6.35. The second-order valence-electron chi connectivity index (χ2n) is 9.25. The monoisotopic (exact) mass is 536 g/mol. The molecular weight excluding hydrogens is 511 g/mol. The van der Waals surface area contributed by atoms with Crippen LogP contribution in [0.1, 0.15) is 44.3 Å². The van der Waals surface area contributed by atoms with Crippen molar-refractivity contribution in [1.82, 2.24) is 10.2 Å². The first kappa shape index (κ1) is 25.3. The number of nitrogens with one attached hydrogen (secondary N) is 2. The largest absolute Gasteiger partial charge is 0.336 e. The molecule has 0 radical (unpaired) electrons. The van der Waals surface area contributed by atoms with E-state index >= 15 is 0 Å². The Bertz CT molecular complexity index is 1390. The molecule has 1 fully saturated rings. The van der Waals surface area contributed by atoms with Gasteiger partial charge in [-0.25, -0.2) is 0 Å². The number of anilines is 2. The molecule has 0 bridgehead atoms. The van der Waals surface area contributed by atoms with Crippen LogP contribution in [0, 0.1) is 6.92 Å². The standard InChI is InChI=1S/C28H26Cl2N4O3/c1-17-3-2-4-18(13-17)28(37)34-24-8-5-19(27(36)33-11-9-31-10-12-33)14-23(24)32-26(35)16-25(34)21-7-6-20(29)15-22(21)30/h2-8,13-15,25,31H,9-12,16H2,1H3,(H,32,35). The summed E-state index contributed by atoms with van der Waals surface area (Å²) in [5, 5.41) is 6.97. The van der Waals surface area contributed by atoms with Gasteiger partial charge >= 0.3 is 0 Å². The lowest BCUT2D eigenvalue weighted by atomic mass is 9.99. The smallest absolute Gasteiger partial charge is 0.258 e. The molecule has 2 aliphatic heterocycles. The number of aryl methyl sites for hydroxylation is 1. The molecule has 5 rings (SSSR count). The van der Waals surface area contributed by atoms with Crippen LogP contribution in [0.3, 0.4) is 0 Å². The Labute approximate surface area is 225 Å². The summed E-state index contributed by atoms with van der Waals surface area (Å²) in [5.74, 6) is -0.682. The van der Waals surface area contributed by atoms with E-state index in [1.807, 2.05) is 25.1 Å². The first-order valence-electron chi connectivity index (χ1n) is 12.1. The van der Waals surface area contributed by atoms with Crippen molar-refractivity contribution in [1.29, 1.82) is 0 Å². The lowest BCUT2D eigenvalue weighted by molar-refractivity contribution is -0.116. The average molecular weight is 537 g/mol. The third-order valence-corrected chi connectivity index (χ3v) is 7.24. The Kier molecular flexibility index (Phi) is 7.20. The highest BCUT2D eigenvalue weighted by atomic mass is 35.5. The number of nitrogens with zero attached hydrogens (tertiary/aromatic N) is 2. The zero-order valence-electron chi connectivity index (χ0n) is 20.3. The molecule has 0 aliphatic carbocycles. The second-order valence-corrected chi connectivity index (χ2v) is 10.1. The molecule has 1 saturated heterocycles. The summed E-state index contributed by atoms with van der Waals surface area (Å²) in [4.78, 5) is 43.7. The second kappa shape index (κ2) is 10.5. The number of amides is 3. The zero-order chi connectivity index (χ0) is 26.1. The molecular formula is C28H26Cl2N4O3. The fraction of sp³-hybridized carbons (Fsp3) is 0.250. The van der Waals surface area contributed by atoms with Crippen molar-refractivity contribution in [3.8, 4) is 0 Å². The van der Waals surface area contributed by atoms with Gasteiger partial charge in [0, 0.05) is 47.4 Å². The van der Waals surface area contributed by atoms with E-state index < -0.39 is 6.04 Å². The van der Waals surface area contributed by atoms with Gasteiger partial charge in [0.1, 0.15) is 0 Å². The molecule has 1 unspecified atom stereocenters. The summed E-state index contributed by atoms with van der Waals surface area (Å²) in [7, 11) is 0. The lowest BCUT2D eigenvalue weighted by Crippen LogP contribution is -2.46. The molecule has 0 aromatic heterocycles. The highest BCUT2D eigenvalue weighted by Crippen LogP contribution is 2.42. The summed E-state index contributed by atoms with van der Waals surface area (Å²) in [6.07, 6.45) is -0.0192. The first-order chi connectivity index (χ1) is 17.8. The van der Waals surface area contributed by atoms with E-state index in [0.717, 1.165) is 18.7 Å². The highest BCUT2D eigenvalue weighted by Gasteiger charge is 2.36. The van der Waals surface area contributed by atoms with Crippen LogP contribution >= 0.6 is 23.2 Å². The van der Waals surface area contributed by atoms with Crippen LogP contribution in [-0.4, -0.2) is 48.8 Å². The van der Waals surface area contributed by atoms with Crippen molar-refractivity contribution in [3.63, 3.8) is 0 Å². The molecule has 2 N–H and O–H groups in total. The fourth-order valence-electron chi connectivity index (χ4n) is 4.85. The normalized spacial score (nSPS) is 17.6. The van der Waals surface area contributed by atoms with E-state index in [1.165, 1.54) is 0 Å². The summed E-state index contributed by atoms with van der Waals surface area (Å²) in [6, 6.07) is 16.7. The van der Waals surface area contributed by atoms with E-state index in [-0.39, 0.29) is 24.1 Å². The number of carbonyl (C=O) groups excluding carboxylic acids is 3. The minimum atomic E-state index is -0.686. The molecule has 3 amide bonds. The number of fused-ring (bicyclic) bond motifs is 1. The summed E-state index contributed by atoms with van der Waals surface area (Å²) in [6.45, 7) is 4.60. The van der Waals surface area contributed by atoms with E-state index in [1.54, 1.807) is 52.3 Å². The van der Waals surface area contributed by atoms with Gasteiger partial charge in [-0.05, 0) is 55.0 Å². The van der Waals surface area contributed by atoms with E-state index in [4.69, 9.17) is 23.2 Å². The molecule has 37 heavy (non-hydrogen) atoms. The molecule has 1 atom stereocenters. The van der Waals surface area contributed by atoms with Gasteiger partial charge in [0.25, 0.3) is 11.8 Å². The third-order valence-electron chi connectivity index (χ3n) is 6.68. The molecule has 7 nitrogen and oxygen atoms in total. The molecule has 3 aromatic rings. The summed E-state index contributed by atoms with van der Waals surface area (Å²) in [5.41, 5.74) is 3.37. The Hall–Kier alpha value is -3.39. The minimum absolute atomic E-state index is 0.0192. The Balaban J connectivity index is 1.63. The van der Waals surface area contributed by atoms with Gasteiger partial charge in [0.15, 0.2) is 0 Å². The maximum absolute atomic E-state index is 14.0. The van der Waals surface area contributed by atoms with Crippen molar-refractivity contribution < 1.29 is 14.4 Å². The molecule has 190 valence electrons. The zero-order valence-corrected chi connectivity index (χ0v) is 21.8. The van der Waals surface area contributed by atoms with Gasteiger partial charge in [-0.3, -0.25) is 19.3 Å². The Morgan fingerprint density at radius 3 is 2.41 bits per heavy atom. The molecule has 3 aromatic carbocycles. The number of hydrogen-bond donors (Lipinski definition) is 2. The maximum atomic E-state index is 14.0. The SMILES string of the molecule is Cc1cccc(C(=O)N2c3ccc(C(=O)N4CCNCC4)cc3NC(=O)CC2c2ccc(Cl)cc2Cl)c1. The topological polar surface area (TPSA) is 81.8 Å². The predicted molar refractivity (Wildman–Crippen MR) is 146 cm³/mol. The van der Waals surface area contributed by atoms with Gasteiger partial charge in [0.2, 0.25) is 5.91 Å². The Morgan fingerprint density at radius 2 is 1.68 bits per heavy atom. The first-order valence-corrected chi connectivity index (χ1v) is 12.9. The number of piperazine rings is 1. The van der Waals surface area contributed by atoms with Gasteiger partial charge in [-0.15, -0.1) is 0 Å². The number of hydrogen-bond acceptors (Lipinski definition) is 4. The minimum Gasteiger partial charge on any atom is -0.336 e. The summed E-state index contributed by atoms with van der Waals surface area (Å²) < 4.78 is 0. The van der Waals surface area contributed by atoms with Crippen molar-refractivity contribution >= 4 is 52.3 Å². The molecule has 2 aliphatic rings. The number of rotatable bonds is 3. The van der Waals surface area contributed by atoms with Crippen LogP contribution in [0.15, 0.2) is 60.7 Å². The van der Waals surface area contributed by atoms with Crippen molar-refractivity contribution in [2.75, 3.05) is 36.4 Å². The summed E-state index contributed by atoms with van der Waals surface area (Å²) >= 11 is 12.7. The van der Waals surface area contributed by atoms with Crippen molar-refractivity contribution in [2.24, 2.45) is 0 Å². The van der Waals surface area contributed by atoms with E-state index in [2.05, 4.69) is 10.6 Å². The number of halogens is 2. The van der Waals surface area contributed by atoms with E-state index in [9.17, 15) is 14.4 Å². The quantitative estimate of drug-likeness (QED) is 0.489. The van der Waals surface area contributed by atoms with Crippen LogP contribution < -0.4 is 15.5 Å². The molecule has 2 heterocycles. The predicted octanol–water partition coefficient (Wildman–Crippen LogP) is 5.08. The average Bonchev–Trinajstić information content (AvgIpc) is 3.03. The van der Waals surface area contributed by atoms with Crippen LogP contribution in [0.5, 0.6) is 0 Å². The van der Waals surface area contributed by atoms with Crippen LogP contribution in [0.4, 0.5) is 11.4 Å². The fourth-order valence-corrected chi connectivity index (χ4v) is 5.39. The third kappa shape index (κ3) is 5.21. The van der Waals surface area contributed by atoms with Crippen molar-refractivity contribution in [3.05, 3.63) is 93.0 Å². The maximum Gasteiger partial charge on any atom is 0.258 e. The van der Waals surface area contributed by atoms with Crippen LogP contribution in [0.25, 0.3) is 0 Å². The van der Waals surface area contributed by atoms with Crippen LogP contribution in [-0.2, 0) is 4.79 Å². The Morgan fingerprint density at radius 1 is 0.919 bits per heavy atom. The molecule has 9 heteroatoms. The van der Waals surface area contributed by atoms with Gasteiger partial charge in [0.05, 0.1) is 23.8 Å². The number of carbonyl (C=O) groups is 3. The van der Waals surface area contributed by atoms with Gasteiger partial charge in [-0.2, -0.15) is 0 Å². The lowest BCUT2D eigenvalue weighted by Gasteiger charge is -2.32. The van der Waals surface area contributed by atoms with Gasteiger partial charge < -0.3 is 15.5 Å².